The van der Waals surface area contributed by atoms with Crippen molar-refractivity contribution in [1.82, 2.24) is 9.78 Å². The van der Waals surface area contributed by atoms with Crippen LogP contribution in [0.1, 0.15) is 26.3 Å². The molecule has 1 aromatic heterocycles. The molecule has 0 amide bonds. The molecule has 2 rings (SSSR count). The second-order valence-corrected chi connectivity index (χ2v) is 4.90. The zero-order valence-electron chi connectivity index (χ0n) is 9.81. The molecule has 1 heterocycles. The third-order valence-electron chi connectivity index (χ3n) is 2.56. The molecule has 16 heavy (non-hydrogen) atoms. The van der Waals surface area contributed by atoms with E-state index in [1.54, 1.807) is 16.9 Å². The van der Waals surface area contributed by atoms with Crippen LogP contribution in [0.5, 0.6) is 5.75 Å². The molecule has 3 nitrogen and oxygen atoms in total. The first-order valence-corrected chi connectivity index (χ1v) is 5.32. The molecule has 84 valence electrons. The van der Waals surface area contributed by atoms with Gasteiger partial charge in [0.05, 0.1) is 5.69 Å². The summed E-state index contributed by atoms with van der Waals surface area (Å²) in [5.74, 6) is 0.336. The van der Waals surface area contributed by atoms with E-state index in [1.807, 2.05) is 24.4 Å². The predicted octanol–water partition coefficient (Wildman–Crippen LogP) is 2.88. The van der Waals surface area contributed by atoms with Crippen molar-refractivity contribution in [3.8, 4) is 11.4 Å². The average Bonchev–Trinajstić information content (AvgIpc) is 2.69. The SMILES string of the molecule is CC(C)(C)c1cc(-n2cccn2)ccc1O. The van der Waals surface area contributed by atoms with E-state index in [-0.39, 0.29) is 5.41 Å². The molecular formula is C13H16N2O. The lowest BCUT2D eigenvalue weighted by Gasteiger charge is -2.21. The zero-order chi connectivity index (χ0) is 11.8. The van der Waals surface area contributed by atoms with Gasteiger partial charge in [-0.1, -0.05) is 20.8 Å². The summed E-state index contributed by atoms with van der Waals surface area (Å²) in [6.45, 7) is 6.23. The normalized spacial score (nSPS) is 11.7. The number of aromatic hydroxyl groups is 1. The fourth-order valence-corrected chi connectivity index (χ4v) is 1.69. The van der Waals surface area contributed by atoms with Gasteiger partial charge in [-0.25, -0.2) is 4.68 Å². The minimum atomic E-state index is -0.0761. The standard InChI is InChI=1S/C13H16N2O/c1-13(2,3)11-9-10(5-6-12(11)16)15-8-4-7-14-15/h4-9,16H,1-3H3. The Balaban J connectivity index is 2.52. The Bertz CT molecular complexity index is 481. The Morgan fingerprint density at radius 2 is 2.00 bits per heavy atom. The highest BCUT2D eigenvalue weighted by molar-refractivity contribution is 5.46. The van der Waals surface area contributed by atoms with E-state index in [4.69, 9.17) is 0 Å². The van der Waals surface area contributed by atoms with Crippen molar-refractivity contribution in [1.29, 1.82) is 0 Å². The fourth-order valence-electron chi connectivity index (χ4n) is 1.69. The molecule has 0 atom stereocenters. The summed E-state index contributed by atoms with van der Waals surface area (Å²) in [6.07, 6.45) is 3.63. The molecule has 1 aromatic carbocycles. The van der Waals surface area contributed by atoms with E-state index in [1.165, 1.54) is 0 Å². The largest absolute Gasteiger partial charge is 0.508 e. The number of aromatic nitrogens is 2. The van der Waals surface area contributed by atoms with Gasteiger partial charge in [-0.2, -0.15) is 5.10 Å². The molecule has 0 aliphatic rings. The Labute approximate surface area is 95.3 Å². The van der Waals surface area contributed by atoms with Gasteiger partial charge in [-0.05, 0) is 29.7 Å². The Morgan fingerprint density at radius 1 is 1.25 bits per heavy atom. The van der Waals surface area contributed by atoms with E-state index in [0.717, 1.165) is 11.3 Å². The van der Waals surface area contributed by atoms with Crippen LogP contribution in [0.15, 0.2) is 36.7 Å². The molecule has 0 aliphatic carbocycles. The topological polar surface area (TPSA) is 38.0 Å². The average molecular weight is 216 g/mol. The van der Waals surface area contributed by atoms with Crippen LogP contribution in [0.4, 0.5) is 0 Å². The van der Waals surface area contributed by atoms with Gasteiger partial charge in [-0.15, -0.1) is 0 Å². The number of benzene rings is 1. The molecule has 0 fully saturated rings. The van der Waals surface area contributed by atoms with Crippen molar-refractivity contribution in [2.75, 3.05) is 0 Å². The molecule has 0 bridgehead atoms. The quantitative estimate of drug-likeness (QED) is 0.796. The van der Waals surface area contributed by atoms with Crippen LogP contribution in [0.3, 0.4) is 0 Å². The van der Waals surface area contributed by atoms with Crippen molar-refractivity contribution in [2.24, 2.45) is 0 Å². The third-order valence-corrected chi connectivity index (χ3v) is 2.56. The fraction of sp³-hybridized carbons (Fsp3) is 0.308. The van der Waals surface area contributed by atoms with E-state index in [9.17, 15) is 5.11 Å². The maximum Gasteiger partial charge on any atom is 0.119 e. The number of hydrogen-bond donors (Lipinski definition) is 1. The number of phenolic OH excluding ortho intramolecular Hbond substituents is 1. The monoisotopic (exact) mass is 216 g/mol. The molecule has 0 spiro atoms. The molecule has 0 saturated heterocycles. The van der Waals surface area contributed by atoms with Gasteiger partial charge in [-0.3, -0.25) is 0 Å². The molecular weight excluding hydrogens is 200 g/mol. The molecule has 1 N–H and O–H groups in total. The zero-order valence-corrected chi connectivity index (χ0v) is 9.81. The molecule has 0 radical (unpaired) electrons. The van der Waals surface area contributed by atoms with Gasteiger partial charge in [0.2, 0.25) is 0 Å². The lowest BCUT2D eigenvalue weighted by atomic mass is 9.86. The van der Waals surface area contributed by atoms with Gasteiger partial charge in [0.25, 0.3) is 0 Å². The maximum absolute atomic E-state index is 9.84. The summed E-state index contributed by atoms with van der Waals surface area (Å²) in [6, 6.07) is 7.43. The smallest absolute Gasteiger partial charge is 0.119 e. The number of phenols is 1. The summed E-state index contributed by atoms with van der Waals surface area (Å²) in [5, 5.41) is 14.0. The lowest BCUT2D eigenvalue weighted by molar-refractivity contribution is 0.446. The second kappa shape index (κ2) is 3.67. The first-order valence-electron chi connectivity index (χ1n) is 5.32. The highest BCUT2D eigenvalue weighted by atomic mass is 16.3. The van der Waals surface area contributed by atoms with Crippen molar-refractivity contribution >= 4 is 0 Å². The van der Waals surface area contributed by atoms with Crippen molar-refractivity contribution in [3.63, 3.8) is 0 Å². The van der Waals surface area contributed by atoms with Gasteiger partial charge in [0.1, 0.15) is 5.75 Å². The van der Waals surface area contributed by atoms with Crippen LogP contribution < -0.4 is 0 Å². The molecule has 2 aromatic rings. The summed E-state index contributed by atoms with van der Waals surface area (Å²) in [7, 11) is 0. The van der Waals surface area contributed by atoms with Crippen molar-refractivity contribution in [3.05, 3.63) is 42.2 Å². The summed E-state index contributed by atoms with van der Waals surface area (Å²) in [5.41, 5.74) is 1.82. The summed E-state index contributed by atoms with van der Waals surface area (Å²) >= 11 is 0. The number of hydrogen-bond acceptors (Lipinski definition) is 2. The van der Waals surface area contributed by atoms with Gasteiger partial charge in [0, 0.05) is 18.0 Å². The van der Waals surface area contributed by atoms with E-state index < -0.39 is 0 Å². The molecule has 0 saturated carbocycles. The van der Waals surface area contributed by atoms with Gasteiger partial charge in [0.15, 0.2) is 0 Å². The summed E-state index contributed by atoms with van der Waals surface area (Å²) < 4.78 is 1.79. The lowest BCUT2D eigenvalue weighted by Crippen LogP contribution is -2.12. The van der Waals surface area contributed by atoms with Crippen molar-refractivity contribution in [2.45, 2.75) is 26.2 Å². The van der Waals surface area contributed by atoms with Crippen molar-refractivity contribution < 1.29 is 5.11 Å². The van der Waals surface area contributed by atoms with Crippen LogP contribution in [0.25, 0.3) is 5.69 Å². The first-order chi connectivity index (χ1) is 7.48. The van der Waals surface area contributed by atoms with E-state index >= 15 is 0 Å². The minimum absolute atomic E-state index is 0.0761. The number of rotatable bonds is 1. The first kappa shape index (κ1) is 10.7. The minimum Gasteiger partial charge on any atom is -0.508 e. The molecule has 0 unspecified atom stereocenters. The van der Waals surface area contributed by atoms with Gasteiger partial charge < -0.3 is 5.11 Å². The highest BCUT2D eigenvalue weighted by Crippen LogP contribution is 2.31. The van der Waals surface area contributed by atoms with Crippen LogP contribution in [0.2, 0.25) is 0 Å². The molecule has 0 aliphatic heterocycles. The van der Waals surface area contributed by atoms with E-state index in [2.05, 4.69) is 25.9 Å². The van der Waals surface area contributed by atoms with Gasteiger partial charge >= 0.3 is 0 Å². The van der Waals surface area contributed by atoms with Crippen LogP contribution in [-0.4, -0.2) is 14.9 Å². The van der Waals surface area contributed by atoms with E-state index in [0.29, 0.717) is 5.75 Å². The van der Waals surface area contributed by atoms with Crippen LogP contribution in [0, 0.1) is 0 Å². The highest BCUT2D eigenvalue weighted by Gasteiger charge is 2.18. The summed E-state index contributed by atoms with van der Waals surface area (Å²) in [4.78, 5) is 0. The maximum atomic E-state index is 9.84. The molecule has 3 heteroatoms. The Kier molecular flexibility index (Phi) is 2.46. The number of nitrogens with zero attached hydrogens (tertiary/aromatic N) is 2. The second-order valence-electron chi connectivity index (χ2n) is 4.90. The Morgan fingerprint density at radius 3 is 2.56 bits per heavy atom. The van der Waals surface area contributed by atoms with Crippen LogP contribution in [-0.2, 0) is 5.41 Å². The Hall–Kier alpha value is -1.77. The third kappa shape index (κ3) is 1.94. The van der Waals surface area contributed by atoms with Crippen LogP contribution >= 0.6 is 0 Å². The predicted molar refractivity (Wildman–Crippen MR) is 63.9 cm³/mol.